The van der Waals surface area contributed by atoms with Crippen LogP contribution < -0.4 is 10.6 Å². The Kier molecular flexibility index (Phi) is 5.38. The lowest BCUT2D eigenvalue weighted by Crippen LogP contribution is -2.25. The van der Waals surface area contributed by atoms with Crippen LogP contribution in [0.4, 0.5) is 11.4 Å². The Balaban J connectivity index is 1.65. The van der Waals surface area contributed by atoms with Gasteiger partial charge in [-0.05, 0) is 43.0 Å². The lowest BCUT2D eigenvalue weighted by atomic mass is 10.2. The number of aliphatic hydroxyl groups is 1. The highest BCUT2D eigenvalue weighted by Gasteiger charge is 2.21. The van der Waals surface area contributed by atoms with Gasteiger partial charge in [0.2, 0.25) is 5.91 Å². The van der Waals surface area contributed by atoms with Crippen molar-refractivity contribution < 1.29 is 14.6 Å². The molecule has 1 aromatic carbocycles. The minimum atomic E-state index is -0.510. The fourth-order valence-corrected chi connectivity index (χ4v) is 1.82. The molecule has 1 atom stereocenters. The van der Waals surface area contributed by atoms with Gasteiger partial charge in [-0.25, -0.2) is 0 Å². The molecule has 1 aliphatic rings. The summed E-state index contributed by atoms with van der Waals surface area (Å²) in [5.41, 5.74) is 1.66. The monoisotopic (exact) mass is 278 g/mol. The Morgan fingerprint density at radius 1 is 1.35 bits per heavy atom. The smallest absolute Gasteiger partial charge is 0.221 e. The van der Waals surface area contributed by atoms with Crippen LogP contribution in [0, 0.1) is 5.92 Å². The van der Waals surface area contributed by atoms with Gasteiger partial charge in [-0.2, -0.15) is 0 Å². The molecule has 0 radical (unpaired) electrons. The number of carbonyl (C=O) groups excluding carboxylic acids is 1. The van der Waals surface area contributed by atoms with Crippen LogP contribution in [0.1, 0.15) is 19.8 Å². The van der Waals surface area contributed by atoms with Crippen molar-refractivity contribution in [3.8, 4) is 0 Å². The molecule has 1 unspecified atom stereocenters. The van der Waals surface area contributed by atoms with Gasteiger partial charge in [0.1, 0.15) is 0 Å². The van der Waals surface area contributed by atoms with E-state index in [0.29, 0.717) is 13.2 Å². The van der Waals surface area contributed by atoms with Gasteiger partial charge < -0.3 is 20.5 Å². The molecule has 1 fully saturated rings. The summed E-state index contributed by atoms with van der Waals surface area (Å²) in [5.74, 6) is 0.630. The van der Waals surface area contributed by atoms with Gasteiger partial charge in [-0.1, -0.05) is 0 Å². The van der Waals surface area contributed by atoms with Gasteiger partial charge in [0, 0.05) is 31.5 Å². The van der Waals surface area contributed by atoms with Crippen molar-refractivity contribution in [1.29, 1.82) is 0 Å². The zero-order valence-electron chi connectivity index (χ0n) is 11.8. The van der Waals surface area contributed by atoms with Crippen molar-refractivity contribution in [3.63, 3.8) is 0 Å². The molecule has 0 bridgehead atoms. The number of amides is 1. The van der Waals surface area contributed by atoms with Crippen LogP contribution in [0.3, 0.4) is 0 Å². The van der Waals surface area contributed by atoms with Crippen molar-refractivity contribution >= 4 is 17.3 Å². The normalized spacial score (nSPS) is 15.7. The van der Waals surface area contributed by atoms with Crippen LogP contribution in [0.5, 0.6) is 0 Å². The third kappa shape index (κ3) is 5.59. The largest absolute Gasteiger partial charge is 0.389 e. The minimum Gasteiger partial charge on any atom is -0.389 e. The number of aliphatic hydroxyl groups excluding tert-OH is 1. The number of nitrogens with one attached hydrogen (secondary N) is 2. The second kappa shape index (κ2) is 7.26. The zero-order chi connectivity index (χ0) is 14.4. The van der Waals surface area contributed by atoms with Gasteiger partial charge >= 0.3 is 0 Å². The Morgan fingerprint density at radius 3 is 2.60 bits per heavy atom. The van der Waals surface area contributed by atoms with Crippen molar-refractivity contribution in [3.05, 3.63) is 24.3 Å². The van der Waals surface area contributed by atoms with E-state index in [-0.39, 0.29) is 5.91 Å². The molecule has 0 heterocycles. The molecule has 20 heavy (non-hydrogen) atoms. The number of anilines is 2. The Hall–Kier alpha value is -1.59. The van der Waals surface area contributed by atoms with E-state index in [0.717, 1.165) is 23.9 Å². The first-order valence-corrected chi connectivity index (χ1v) is 7.01. The zero-order valence-corrected chi connectivity index (χ0v) is 11.8. The molecule has 0 spiro atoms. The SMILES string of the molecule is CC(=O)Nc1ccc(NCC(O)COCC2CC2)cc1. The highest BCUT2D eigenvalue weighted by Crippen LogP contribution is 2.28. The summed E-state index contributed by atoms with van der Waals surface area (Å²) in [6, 6.07) is 7.37. The van der Waals surface area contributed by atoms with Crippen LogP contribution in [0.25, 0.3) is 0 Å². The number of ether oxygens (including phenoxy) is 1. The summed E-state index contributed by atoms with van der Waals surface area (Å²) in [4.78, 5) is 10.9. The Bertz CT molecular complexity index is 429. The standard InChI is InChI=1S/C15H22N2O3/c1-11(18)17-14-6-4-13(5-7-14)16-8-15(19)10-20-9-12-2-3-12/h4-7,12,15-16,19H,2-3,8-10H2,1H3,(H,17,18). The van der Waals surface area contributed by atoms with Gasteiger partial charge in [-0.3, -0.25) is 4.79 Å². The number of carbonyl (C=O) groups is 1. The molecule has 0 aromatic heterocycles. The maximum Gasteiger partial charge on any atom is 0.221 e. The second-order valence-corrected chi connectivity index (χ2v) is 5.27. The summed E-state index contributed by atoms with van der Waals surface area (Å²) >= 11 is 0. The topological polar surface area (TPSA) is 70.6 Å². The van der Waals surface area contributed by atoms with E-state index in [1.165, 1.54) is 19.8 Å². The minimum absolute atomic E-state index is 0.0889. The summed E-state index contributed by atoms with van der Waals surface area (Å²) in [6.45, 7) is 3.06. The highest BCUT2D eigenvalue weighted by molar-refractivity contribution is 5.88. The molecule has 0 aliphatic heterocycles. The molecular weight excluding hydrogens is 256 g/mol. The lowest BCUT2D eigenvalue weighted by molar-refractivity contribution is -0.114. The fourth-order valence-electron chi connectivity index (χ4n) is 1.82. The molecule has 1 amide bonds. The molecule has 5 nitrogen and oxygen atoms in total. The highest BCUT2D eigenvalue weighted by atomic mass is 16.5. The van der Waals surface area contributed by atoms with E-state index >= 15 is 0 Å². The molecular formula is C15H22N2O3. The Labute approximate surface area is 119 Å². The van der Waals surface area contributed by atoms with Crippen LogP contribution in [-0.2, 0) is 9.53 Å². The molecule has 3 N–H and O–H groups in total. The maximum atomic E-state index is 10.9. The van der Waals surface area contributed by atoms with Crippen LogP contribution in [0.15, 0.2) is 24.3 Å². The van der Waals surface area contributed by atoms with E-state index in [4.69, 9.17) is 4.74 Å². The molecule has 1 aliphatic carbocycles. The fraction of sp³-hybridized carbons (Fsp3) is 0.533. The first-order valence-electron chi connectivity index (χ1n) is 7.01. The molecule has 1 saturated carbocycles. The average molecular weight is 278 g/mol. The average Bonchev–Trinajstić information content (AvgIpc) is 3.21. The number of hydrogen-bond donors (Lipinski definition) is 3. The van der Waals surface area contributed by atoms with Crippen molar-refractivity contribution in [2.24, 2.45) is 5.92 Å². The Morgan fingerprint density at radius 2 is 2.00 bits per heavy atom. The summed E-state index contributed by atoms with van der Waals surface area (Å²) in [6.07, 6.45) is 2.01. The van der Waals surface area contributed by atoms with Gasteiger partial charge in [0.05, 0.1) is 12.7 Å². The van der Waals surface area contributed by atoms with E-state index < -0.39 is 6.10 Å². The van der Waals surface area contributed by atoms with E-state index in [1.54, 1.807) is 0 Å². The number of hydrogen-bond acceptors (Lipinski definition) is 4. The number of rotatable bonds is 8. The molecule has 1 aromatic rings. The summed E-state index contributed by atoms with van der Waals surface area (Å²) in [5, 5.41) is 15.6. The van der Waals surface area contributed by atoms with Crippen molar-refractivity contribution in [1.82, 2.24) is 0 Å². The second-order valence-electron chi connectivity index (χ2n) is 5.27. The third-order valence-electron chi connectivity index (χ3n) is 3.11. The summed E-state index contributed by atoms with van der Waals surface area (Å²) < 4.78 is 5.43. The third-order valence-corrected chi connectivity index (χ3v) is 3.11. The van der Waals surface area contributed by atoms with Crippen LogP contribution in [-0.4, -0.2) is 36.9 Å². The molecule has 0 saturated heterocycles. The quantitative estimate of drug-likeness (QED) is 0.678. The predicted octanol–water partition coefficient (Wildman–Crippen LogP) is 1.84. The number of benzene rings is 1. The maximum absolute atomic E-state index is 10.9. The van der Waals surface area contributed by atoms with Crippen molar-refractivity contribution in [2.75, 3.05) is 30.4 Å². The lowest BCUT2D eigenvalue weighted by Gasteiger charge is -2.13. The van der Waals surface area contributed by atoms with Gasteiger partial charge in [0.15, 0.2) is 0 Å². The first kappa shape index (κ1) is 14.8. The van der Waals surface area contributed by atoms with Gasteiger partial charge in [-0.15, -0.1) is 0 Å². The first-order chi connectivity index (χ1) is 9.63. The predicted molar refractivity (Wildman–Crippen MR) is 78.8 cm³/mol. The van der Waals surface area contributed by atoms with Crippen LogP contribution in [0.2, 0.25) is 0 Å². The van der Waals surface area contributed by atoms with Crippen molar-refractivity contribution in [2.45, 2.75) is 25.9 Å². The molecule has 2 rings (SSSR count). The van der Waals surface area contributed by atoms with Crippen LogP contribution >= 0.6 is 0 Å². The summed E-state index contributed by atoms with van der Waals surface area (Å²) in [7, 11) is 0. The molecule has 110 valence electrons. The molecule has 5 heteroatoms. The van der Waals surface area contributed by atoms with E-state index in [1.807, 2.05) is 24.3 Å². The van der Waals surface area contributed by atoms with Gasteiger partial charge in [0.25, 0.3) is 0 Å². The van der Waals surface area contributed by atoms with E-state index in [2.05, 4.69) is 10.6 Å². The van der Waals surface area contributed by atoms with E-state index in [9.17, 15) is 9.90 Å².